The van der Waals surface area contributed by atoms with E-state index in [1.165, 1.54) is 6.33 Å². The molecule has 1 aliphatic carbocycles. The largest absolute Gasteiger partial charge is 0.419 e. The monoisotopic (exact) mass is 472 g/mol. The lowest BCUT2D eigenvalue weighted by Crippen LogP contribution is -2.43. The number of benzene rings is 1. The highest BCUT2D eigenvalue weighted by atomic mass is 19.4. The number of alkyl halides is 3. The minimum atomic E-state index is -4.58. The lowest BCUT2D eigenvalue weighted by Gasteiger charge is -2.28. The van der Waals surface area contributed by atoms with Gasteiger partial charge in [-0.2, -0.15) is 13.2 Å². The van der Waals surface area contributed by atoms with Gasteiger partial charge in [0.05, 0.1) is 23.2 Å². The first-order valence-electron chi connectivity index (χ1n) is 10.8. The molecule has 3 heterocycles. The summed E-state index contributed by atoms with van der Waals surface area (Å²) in [6.07, 6.45) is -0.415. The molecule has 0 radical (unpaired) electrons. The van der Waals surface area contributed by atoms with Gasteiger partial charge in [-0.3, -0.25) is 0 Å². The molecule has 5 rings (SSSR count). The van der Waals surface area contributed by atoms with Gasteiger partial charge in [-0.25, -0.2) is 15.0 Å². The van der Waals surface area contributed by atoms with Crippen molar-refractivity contribution in [3.8, 4) is 0 Å². The maximum Gasteiger partial charge on any atom is 0.419 e. The van der Waals surface area contributed by atoms with Crippen LogP contribution >= 0.6 is 0 Å². The second-order valence-electron chi connectivity index (χ2n) is 8.68. The van der Waals surface area contributed by atoms with Crippen molar-refractivity contribution in [2.45, 2.75) is 37.3 Å². The molecule has 178 valence electrons. The summed E-state index contributed by atoms with van der Waals surface area (Å²) in [5.41, 5.74) is 12.4. The number of anilines is 3. The van der Waals surface area contributed by atoms with Gasteiger partial charge >= 0.3 is 6.18 Å². The highest BCUT2D eigenvalue weighted by Crippen LogP contribution is 2.39. The summed E-state index contributed by atoms with van der Waals surface area (Å²) in [7, 11) is 0. The number of aromatic nitrogens is 3. The molecule has 1 fully saturated rings. The molecule has 1 saturated carbocycles. The van der Waals surface area contributed by atoms with Gasteiger partial charge < -0.3 is 26.6 Å². The second kappa shape index (κ2) is 8.10. The SMILES string of the molecule is Nc1nc2cc(/C=C/[C@H]3C[C@@H](N4CCc5c(N)ncnc54)[C@@H](O)[C@H]3O)ccc2cc1C(F)(F)F. The molecule has 4 atom stereocenters. The van der Waals surface area contributed by atoms with Crippen molar-refractivity contribution in [2.75, 3.05) is 22.9 Å². The first-order valence-corrected chi connectivity index (χ1v) is 10.8. The maximum absolute atomic E-state index is 13.1. The lowest BCUT2D eigenvalue weighted by molar-refractivity contribution is -0.137. The third-order valence-electron chi connectivity index (χ3n) is 6.64. The van der Waals surface area contributed by atoms with Gasteiger partial charge in [0.15, 0.2) is 0 Å². The Morgan fingerprint density at radius 2 is 1.85 bits per heavy atom. The van der Waals surface area contributed by atoms with Crippen LogP contribution < -0.4 is 16.4 Å². The average molecular weight is 472 g/mol. The van der Waals surface area contributed by atoms with Crippen molar-refractivity contribution in [3.63, 3.8) is 0 Å². The Balaban J connectivity index is 1.36. The zero-order valence-corrected chi connectivity index (χ0v) is 17.9. The van der Waals surface area contributed by atoms with Crippen LogP contribution in [-0.2, 0) is 12.6 Å². The van der Waals surface area contributed by atoms with Gasteiger partial charge in [-0.15, -0.1) is 0 Å². The van der Waals surface area contributed by atoms with Gasteiger partial charge in [0.1, 0.15) is 29.9 Å². The molecule has 8 nitrogen and oxygen atoms in total. The second-order valence-corrected chi connectivity index (χ2v) is 8.68. The van der Waals surface area contributed by atoms with Gasteiger partial charge in [0.25, 0.3) is 0 Å². The highest BCUT2D eigenvalue weighted by molar-refractivity contribution is 5.84. The van der Waals surface area contributed by atoms with E-state index in [0.717, 1.165) is 11.6 Å². The Hall–Kier alpha value is -3.44. The third-order valence-corrected chi connectivity index (χ3v) is 6.64. The quantitative estimate of drug-likeness (QED) is 0.457. The Morgan fingerprint density at radius 3 is 2.62 bits per heavy atom. The Kier molecular flexibility index (Phi) is 5.33. The molecular weight excluding hydrogens is 449 g/mol. The summed E-state index contributed by atoms with van der Waals surface area (Å²) in [4.78, 5) is 14.2. The van der Waals surface area contributed by atoms with Crippen LogP contribution in [-0.4, -0.2) is 50.0 Å². The molecule has 1 aliphatic heterocycles. The van der Waals surface area contributed by atoms with Crippen molar-refractivity contribution < 1.29 is 23.4 Å². The Labute approximate surface area is 192 Å². The smallest absolute Gasteiger partial charge is 0.390 e. The van der Waals surface area contributed by atoms with E-state index < -0.39 is 29.8 Å². The van der Waals surface area contributed by atoms with E-state index in [1.807, 2.05) is 4.90 Å². The molecule has 2 aromatic heterocycles. The number of nitrogens with zero attached hydrogens (tertiary/aromatic N) is 4. The van der Waals surface area contributed by atoms with E-state index in [-0.39, 0.29) is 12.0 Å². The van der Waals surface area contributed by atoms with Crippen LogP contribution in [0.3, 0.4) is 0 Å². The predicted octanol–water partition coefficient (Wildman–Crippen LogP) is 2.39. The lowest BCUT2D eigenvalue weighted by atomic mass is 10.0. The fraction of sp³-hybridized carbons (Fsp3) is 0.348. The summed E-state index contributed by atoms with van der Waals surface area (Å²) in [6, 6.07) is 5.50. The van der Waals surface area contributed by atoms with Crippen LogP contribution in [0.4, 0.5) is 30.6 Å². The van der Waals surface area contributed by atoms with Crippen molar-refractivity contribution in [3.05, 3.63) is 53.4 Å². The molecule has 0 amide bonds. The van der Waals surface area contributed by atoms with Crippen molar-refractivity contribution in [2.24, 2.45) is 5.92 Å². The van der Waals surface area contributed by atoms with Crippen LogP contribution in [0.5, 0.6) is 0 Å². The van der Waals surface area contributed by atoms with Crippen LogP contribution in [0.1, 0.15) is 23.1 Å². The molecular formula is C23H23F3N6O2. The normalized spacial score (nSPS) is 24.9. The van der Waals surface area contributed by atoms with E-state index in [4.69, 9.17) is 11.5 Å². The molecule has 6 N–H and O–H groups in total. The van der Waals surface area contributed by atoms with E-state index in [1.54, 1.807) is 30.4 Å². The minimum Gasteiger partial charge on any atom is -0.390 e. The number of nitrogens with two attached hydrogens (primary N) is 2. The Bertz CT molecular complexity index is 1280. The molecule has 11 heteroatoms. The van der Waals surface area contributed by atoms with Crippen molar-refractivity contribution in [1.82, 2.24) is 15.0 Å². The van der Waals surface area contributed by atoms with E-state index in [9.17, 15) is 23.4 Å². The summed E-state index contributed by atoms with van der Waals surface area (Å²) in [5, 5.41) is 21.7. The fourth-order valence-electron chi connectivity index (χ4n) is 4.87. The summed E-state index contributed by atoms with van der Waals surface area (Å²) in [6.45, 7) is 0.626. The Morgan fingerprint density at radius 1 is 1.06 bits per heavy atom. The van der Waals surface area contributed by atoms with Crippen LogP contribution in [0.2, 0.25) is 0 Å². The van der Waals surface area contributed by atoms with Crippen LogP contribution in [0.15, 0.2) is 36.7 Å². The summed E-state index contributed by atoms with van der Waals surface area (Å²) in [5.74, 6) is 0.202. The number of halogens is 3. The fourth-order valence-corrected chi connectivity index (χ4v) is 4.87. The predicted molar refractivity (Wildman–Crippen MR) is 122 cm³/mol. The number of nitrogen functional groups attached to an aromatic ring is 2. The van der Waals surface area contributed by atoms with Gasteiger partial charge in [0, 0.05) is 23.4 Å². The number of hydrogen-bond acceptors (Lipinski definition) is 8. The zero-order chi connectivity index (χ0) is 24.2. The first kappa shape index (κ1) is 22.4. The molecule has 0 bridgehead atoms. The standard InChI is InChI=1S/C23H23F3N6O2/c24-23(25,26)15-8-12-3-1-11(7-16(12)31-21(15)28)2-4-13-9-17(19(34)18(13)33)32-6-5-14-20(27)29-10-30-22(14)32/h1-4,7-8,10,13,17-19,33-34H,5-6,9H2,(H2,28,31)(H2,27,29,30)/b4-2+/t13-,17+,18-,19+/m0/s1. The maximum atomic E-state index is 13.1. The molecule has 34 heavy (non-hydrogen) atoms. The number of hydrogen-bond donors (Lipinski definition) is 4. The highest BCUT2D eigenvalue weighted by Gasteiger charge is 2.45. The first-order chi connectivity index (χ1) is 16.1. The molecule has 2 aliphatic rings. The topological polar surface area (TPSA) is 134 Å². The number of rotatable bonds is 3. The van der Waals surface area contributed by atoms with Crippen LogP contribution in [0.25, 0.3) is 17.0 Å². The van der Waals surface area contributed by atoms with Gasteiger partial charge in [-0.1, -0.05) is 24.3 Å². The summed E-state index contributed by atoms with van der Waals surface area (Å²) >= 11 is 0. The zero-order valence-electron chi connectivity index (χ0n) is 17.9. The molecule has 1 aromatic carbocycles. The van der Waals surface area contributed by atoms with E-state index in [2.05, 4.69) is 15.0 Å². The number of fused-ring (bicyclic) bond motifs is 2. The average Bonchev–Trinajstić information content (AvgIpc) is 3.33. The molecule has 0 saturated heterocycles. The molecule has 3 aromatic rings. The molecule has 0 spiro atoms. The number of pyridine rings is 1. The van der Waals surface area contributed by atoms with Crippen LogP contribution in [0, 0.1) is 5.92 Å². The van der Waals surface area contributed by atoms with E-state index >= 15 is 0 Å². The molecule has 0 unspecified atom stereocenters. The third kappa shape index (κ3) is 3.80. The van der Waals surface area contributed by atoms with Gasteiger partial charge in [-0.05, 0) is 30.5 Å². The number of aliphatic hydroxyl groups is 2. The van der Waals surface area contributed by atoms with Crippen molar-refractivity contribution >= 4 is 34.4 Å². The minimum absolute atomic E-state index is 0.323. The van der Waals surface area contributed by atoms with Crippen molar-refractivity contribution in [1.29, 1.82) is 0 Å². The van der Waals surface area contributed by atoms with E-state index in [0.29, 0.717) is 47.5 Å². The summed E-state index contributed by atoms with van der Waals surface area (Å²) < 4.78 is 39.2. The number of aliphatic hydroxyl groups excluding tert-OH is 2. The van der Waals surface area contributed by atoms with Gasteiger partial charge in [0.2, 0.25) is 0 Å².